The Morgan fingerprint density at radius 2 is 1.77 bits per heavy atom. The summed E-state index contributed by atoms with van der Waals surface area (Å²) >= 11 is 0. The zero-order valence-corrected chi connectivity index (χ0v) is 9.12. The van der Waals surface area contributed by atoms with E-state index in [1.165, 1.54) is 0 Å². The van der Waals surface area contributed by atoms with Crippen LogP contribution in [0.4, 0.5) is 0 Å². The average molecular weight is 186 g/mol. The second kappa shape index (κ2) is 3.58. The molecule has 2 N–H and O–H groups in total. The Morgan fingerprint density at radius 3 is 2.00 bits per heavy atom. The SMILES string of the molecule is CC(C)C[C@@H](O)[C@]1(C(C)C)C[C@H]1O. The third kappa shape index (κ3) is 1.89. The van der Waals surface area contributed by atoms with Crippen LogP contribution in [0.25, 0.3) is 0 Å². The number of aliphatic hydroxyl groups is 2. The number of hydrogen-bond donors (Lipinski definition) is 2. The van der Waals surface area contributed by atoms with Gasteiger partial charge in [-0.3, -0.25) is 0 Å². The maximum Gasteiger partial charge on any atom is 0.0631 e. The van der Waals surface area contributed by atoms with Crippen LogP contribution in [0.5, 0.6) is 0 Å². The van der Waals surface area contributed by atoms with Crippen LogP contribution in [0, 0.1) is 17.3 Å². The molecule has 0 saturated heterocycles. The summed E-state index contributed by atoms with van der Waals surface area (Å²) in [5, 5.41) is 19.6. The van der Waals surface area contributed by atoms with E-state index in [-0.39, 0.29) is 17.6 Å². The topological polar surface area (TPSA) is 40.5 Å². The molecule has 0 radical (unpaired) electrons. The fourth-order valence-corrected chi connectivity index (χ4v) is 2.31. The summed E-state index contributed by atoms with van der Waals surface area (Å²) in [6.45, 7) is 8.37. The molecule has 1 fully saturated rings. The molecule has 1 rings (SSSR count). The van der Waals surface area contributed by atoms with Gasteiger partial charge >= 0.3 is 0 Å². The van der Waals surface area contributed by atoms with Crippen LogP contribution in [0.1, 0.15) is 40.5 Å². The lowest BCUT2D eigenvalue weighted by Gasteiger charge is -2.27. The highest BCUT2D eigenvalue weighted by atomic mass is 16.3. The van der Waals surface area contributed by atoms with E-state index in [1.54, 1.807) is 0 Å². The molecule has 0 aliphatic heterocycles. The smallest absolute Gasteiger partial charge is 0.0631 e. The molecule has 0 aromatic carbocycles. The average Bonchev–Trinajstić information content (AvgIpc) is 2.61. The molecule has 0 amide bonds. The Morgan fingerprint density at radius 1 is 1.31 bits per heavy atom. The highest BCUT2D eigenvalue weighted by Gasteiger charge is 2.59. The molecule has 2 nitrogen and oxygen atoms in total. The molecule has 78 valence electrons. The van der Waals surface area contributed by atoms with Crippen molar-refractivity contribution in [1.82, 2.24) is 0 Å². The van der Waals surface area contributed by atoms with Gasteiger partial charge in [-0.15, -0.1) is 0 Å². The van der Waals surface area contributed by atoms with Crippen LogP contribution in [0.3, 0.4) is 0 Å². The van der Waals surface area contributed by atoms with Gasteiger partial charge in [-0.2, -0.15) is 0 Å². The number of rotatable bonds is 4. The fraction of sp³-hybridized carbons (Fsp3) is 1.00. The van der Waals surface area contributed by atoms with Crippen molar-refractivity contribution in [3.63, 3.8) is 0 Å². The molecule has 0 heterocycles. The molecule has 3 atom stereocenters. The Kier molecular flexibility index (Phi) is 3.03. The molecule has 0 spiro atoms. The first kappa shape index (κ1) is 11.0. The lowest BCUT2D eigenvalue weighted by atomic mass is 9.82. The van der Waals surface area contributed by atoms with Gasteiger partial charge in [0, 0.05) is 5.41 Å². The molecule has 2 heteroatoms. The molecular formula is C11H22O2. The maximum atomic E-state index is 9.99. The zero-order valence-electron chi connectivity index (χ0n) is 9.12. The van der Waals surface area contributed by atoms with Crippen molar-refractivity contribution in [3.8, 4) is 0 Å². The van der Waals surface area contributed by atoms with Gasteiger partial charge < -0.3 is 10.2 Å². The van der Waals surface area contributed by atoms with Crippen molar-refractivity contribution in [2.24, 2.45) is 17.3 Å². The van der Waals surface area contributed by atoms with Gasteiger partial charge in [0.2, 0.25) is 0 Å². The zero-order chi connectivity index (χ0) is 10.2. The highest BCUT2D eigenvalue weighted by molar-refractivity contribution is 5.09. The highest BCUT2D eigenvalue weighted by Crippen LogP contribution is 2.55. The lowest BCUT2D eigenvalue weighted by Crippen LogP contribution is -2.31. The Balaban J connectivity index is 2.58. The van der Waals surface area contributed by atoms with E-state index >= 15 is 0 Å². The molecule has 0 aromatic heterocycles. The first-order valence-corrected chi connectivity index (χ1v) is 5.27. The fourth-order valence-electron chi connectivity index (χ4n) is 2.31. The number of hydrogen-bond acceptors (Lipinski definition) is 2. The summed E-state index contributed by atoms with van der Waals surface area (Å²) in [5.41, 5.74) is -0.190. The van der Waals surface area contributed by atoms with Crippen molar-refractivity contribution in [1.29, 1.82) is 0 Å². The molecular weight excluding hydrogens is 164 g/mol. The van der Waals surface area contributed by atoms with Crippen LogP contribution >= 0.6 is 0 Å². The first-order valence-electron chi connectivity index (χ1n) is 5.27. The molecule has 1 aliphatic rings. The molecule has 1 saturated carbocycles. The van der Waals surface area contributed by atoms with Gasteiger partial charge in [0.15, 0.2) is 0 Å². The summed E-state index contributed by atoms with van der Waals surface area (Å²) in [4.78, 5) is 0. The third-order valence-corrected chi connectivity index (χ3v) is 3.40. The monoisotopic (exact) mass is 186 g/mol. The summed E-state index contributed by atoms with van der Waals surface area (Å²) in [6, 6.07) is 0. The van der Waals surface area contributed by atoms with Crippen LogP contribution in [-0.4, -0.2) is 22.4 Å². The van der Waals surface area contributed by atoms with Crippen molar-refractivity contribution in [2.75, 3.05) is 0 Å². The molecule has 13 heavy (non-hydrogen) atoms. The van der Waals surface area contributed by atoms with Gasteiger partial charge in [0.1, 0.15) is 0 Å². The molecule has 1 aliphatic carbocycles. The maximum absolute atomic E-state index is 9.99. The normalized spacial score (nSPS) is 35.5. The summed E-state index contributed by atoms with van der Waals surface area (Å²) in [6.07, 6.45) is 0.970. The van der Waals surface area contributed by atoms with Gasteiger partial charge in [0.25, 0.3) is 0 Å². The first-order chi connectivity index (χ1) is 5.91. The summed E-state index contributed by atoms with van der Waals surface area (Å²) in [5.74, 6) is 0.870. The molecule has 0 aromatic rings. The third-order valence-electron chi connectivity index (χ3n) is 3.40. The van der Waals surface area contributed by atoms with E-state index in [2.05, 4.69) is 27.7 Å². The molecule has 0 unspecified atom stereocenters. The lowest BCUT2D eigenvalue weighted by molar-refractivity contribution is 0.0173. The Hall–Kier alpha value is -0.0800. The van der Waals surface area contributed by atoms with Crippen LogP contribution in [-0.2, 0) is 0 Å². The van der Waals surface area contributed by atoms with Crippen molar-refractivity contribution in [3.05, 3.63) is 0 Å². The molecule has 0 bridgehead atoms. The minimum atomic E-state index is -0.331. The predicted molar refractivity (Wildman–Crippen MR) is 53.4 cm³/mol. The standard InChI is InChI=1S/C11H22O2/c1-7(2)5-9(12)11(8(3)4)6-10(11)13/h7-10,12-13H,5-6H2,1-4H3/t9-,10-,11-/m1/s1. The summed E-state index contributed by atoms with van der Waals surface area (Å²) < 4.78 is 0. The van der Waals surface area contributed by atoms with Gasteiger partial charge in [-0.1, -0.05) is 27.7 Å². The van der Waals surface area contributed by atoms with Crippen LogP contribution < -0.4 is 0 Å². The largest absolute Gasteiger partial charge is 0.392 e. The second-order valence-corrected chi connectivity index (χ2v) is 5.13. The number of aliphatic hydroxyl groups excluding tert-OH is 2. The van der Waals surface area contributed by atoms with Crippen LogP contribution in [0.2, 0.25) is 0 Å². The Bertz CT molecular complexity index is 177. The van der Waals surface area contributed by atoms with E-state index in [0.29, 0.717) is 11.8 Å². The minimum absolute atomic E-state index is 0.190. The quantitative estimate of drug-likeness (QED) is 0.703. The van der Waals surface area contributed by atoms with Crippen molar-refractivity contribution < 1.29 is 10.2 Å². The Labute approximate surface area is 81.0 Å². The van der Waals surface area contributed by atoms with Gasteiger partial charge in [0.05, 0.1) is 12.2 Å². The van der Waals surface area contributed by atoms with Crippen molar-refractivity contribution in [2.45, 2.75) is 52.7 Å². The van der Waals surface area contributed by atoms with Gasteiger partial charge in [-0.25, -0.2) is 0 Å². The second-order valence-electron chi connectivity index (χ2n) is 5.13. The van der Waals surface area contributed by atoms with E-state index in [9.17, 15) is 10.2 Å². The predicted octanol–water partition coefficient (Wildman–Crippen LogP) is 1.80. The van der Waals surface area contributed by atoms with Crippen LogP contribution in [0.15, 0.2) is 0 Å². The van der Waals surface area contributed by atoms with E-state index in [4.69, 9.17) is 0 Å². The van der Waals surface area contributed by atoms with E-state index < -0.39 is 0 Å². The van der Waals surface area contributed by atoms with E-state index in [1.807, 2.05) is 0 Å². The summed E-state index contributed by atoms with van der Waals surface area (Å²) in [7, 11) is 0. The van der Waals surface area contributed by atoms with Gasteiger partial charge in [-0.05, 0) is 24.7 Å². The van der Waals surface area contributed by atoms with E-state index in [0.717, 1.165) is 12.8 Å². The minimum Gasteiger partial charge on any atom is -0.392 e. The van der Waals surface area contributed by atoms with Crippen molar-refractivity contribution >= 4 is 0 Å².